The maximum atomic E-state index is 13.2. The van der Waals surface area contributed by atoms with E-state index in [0.717, 1.165) is 63.7 Å². The molecule has 8 heteroatoms. The van der Waals surface area contributed by atoms with Crippen molar-refractivity contribution < 1.29 is 14.0 Å². The summed E-state index contributed by atoms with van der Waals surface area (Å²) in [6.07, 6.45) is 2.42. The largest absolute Gasteiger partial charge is 0.376 e. The summed E-state index contributed by atoms with van der Waals surface area (Å²) in [5.74, 6) is 1.21. The lowest BCUT2D eigenvalue weighted by atomic mass is 10.0. The topological polar surface area (TPSA) is 60.5 Å². The number of hydrogen-bond donors (Lipinski definition) is 1. The van der Waals surface area contributed by atoms with Gasteiger partial charge in [0, 0.05) is 18.2 Å². The molecule has 2 aromatic rings. The molecule has 0 aliphatic carbocycles. The number of nitrogens with one attached hydrogen (secondary N) is 1. The van der Waals surface area contributed by atoms with Crippen molar-refractivity contribution in [2.45, 2.75) is 45.4 Å². The second kappa shape index (κ2) is 8.53. The van der Waals surface area contributed by atoms with Crippen molar-refractivity contribution in [1.82, 2.24) is 20.2 Å². The van der Waals surface area contributed by atoms with Gasteiger partial charge in [0.15, 0.2) is 6.04 Å². The van der Waals surface area contributed by atoms with Crippen molar-refractivity contribution in [2.24, 2.45) is 5.92 Å². The van der Waals surface area contributed by atoms with Crippen LogP contribution in [-0.4, -0.2) is 59.1 Å². The van der Waals surface area contributed by atoms with Gasteiger partial charge in [-0.15, -0.1) is 5.10 Å². The average molecular weight is 389 g/mol. The monoisotopic (exact) mass is 389 g/mol. The second-order valence-corrected chi connectivity index (χ2v) is 8.20. The fraction of sp³-hybridized carbons (Fsp3) is 0.650. The van der Waals surface area contributed by atoms with Crippen LogP contribution < -0.4 is 9.80 Å². The zero-order valence-corrected chi connectivity index (χ0v) is 16.7. The number of halogens is 1. The summed E-state index contributed by atoms with van der Waals surface area (Å²) in [6, 6.07) is 7.05. The van der Waals surface area contributed by atoms with Gasteiger partial charge in [-0.05, 0) is 47.5 Å². The lowest BCUT2D eigenvalue weighted by Crippen LogP contribution is -3.15. The number of rotatable bonds is 6. The van der Waals surface area contributed by atoms with E-state index >= 15 is 0 Å². The minimum Gasteiger partial charge on any atom is -0.376 e. The minimum atomic E-state index is -0.189. The highest BCUT2D eigenvalue weighted by Gasteiger charge is 2.35. The van der Waals surface area contributed by atoms with Gasteiger partial charge in [-0.2, -0.15) is 0 Å². The smallest absolute Gasteiger partial charge is 0.209 e. The van der Waals surface area contributed by atoms with Crippen molar-refractivity contribution in [1.29, 1.82) is 0 Å². The third kappa shape index (κ3) is 4.17. The van der Waals surface area contributed by atoms with Crippen LogP contribution in [0.4, 0.5) is 10.1 Å². The van der Waals surface area contributed by atoms with Crippen LogP contribution in [0, 0.1) is 11.7 Å². The molecule has 3 heterocycles. The third-order valence-corrected chi connectivity index (χ3v) is 5.94. The summed E-state index contributed by atoms with van der Waals surface area (Å²) in [4.78, 5) is 3.84. The van der Waals surface area contributed by atoms with E-state index in [0.29, 0.717) is 5.92 Å². The molecule has 1 N–H and O–H groups in total. The molecule has 2 fully saturated rings. The molecule has 0 unspecified atom stereocenters. The highest BCUT2D eigenvalue weighted by molar-refractivity contribution is 5.46. The SMILES string of the molecule is CC(C)[C@@H](c1nnnn1C[C@@H]1CCCO1)[NH+]1CCN(c2ccc(F)cc2)CC1. The van der Waals surface area contributed by atoms with Crippen molar-refractivity contribution >= 4 is 5.69 Å². The zero-order valence-electron chi connectivity index (χ0n) is 16.7. The Morgan fingerprint density at radius 1 is 1.21 bits per heavy atom. The molecule has 0 saturated carbocycles. The predicted octanol–water partition coefficient (Wildman–Crippen LogP) is 1.09. The fourth-order valence-corrected chi connectivity index (χ4v) is 4.51. The summed E-state index contributed by atoms with van der Waals surface area (Å²) in [5.41, 5.74) is 1.09. The number of hydrogen-bond acceptors (Lipinski definition) is 5. The van der Waals surface area contributed by atoms with Gasteiger partial charge >= 0.3 is 0 Å². The van der Waals surface area contributed by atoms with Crippen LogP contribution in [0.15, 0.2) is 24.3 Å². The average Bonchev–Trinajstić information content (AvgIpc) is 3.36. The first-order chi connectivity index (χ1) is 13.6. The van der Waals surface area contributed by atoms with Crippen LogP contribution in [0.3, 0.4) is 0 Å². The van der Waals surface area contributed by atoms with Crippen LogP contribution in [-0.2, 0) is 11.3 Å². The van der Waals surface area contributed by atoms with Crippen molar-refractivity contribution in [3.05, 3.63) is 35.9 Å². The first-order valence-corrected chi connectivity index (χ1v) is 10.3. The predicted molar refractivity (Wildman–Crippen MR) is 104 cm³/mol. The van der Waals surface area contributed by atoms with E-state index in [-0.39, 0.29) is 18.0 Å². The first-order valence-electron chi connectivity index (χ1n) is 10.3. The number of ether oxygens (including phenoxy) is 1. The minimum absolute atomic E-state index is 0.189. The van der Waals surface area contributed by atoms with E-state index in [1.807, 2.05) is 16.8 Å². The van der Waals surface area contributed by atoms with Gasteiger partial charge in [-0.25, -0.2) is 9.07 Å². The molecule has 0 radical (unpaired) electrons. The Balaban J connectivity index is 1.44. The Morgan fingerprint density at radius 3 is 2.61 bits per heavy atom. The number of benzene rings is 1. The lowest BCUT2D eigenvalue weighted by Gasteiger charge is -2.38. The number of quaternary nitrogens is 1. The van der Waals surface area contributed by atoms with Crippen LogP contribution in [0.25, 0.3) is 0 Å². The Kier molecular flexibility index (Phi) is 5.87. The molecule has 2 saturated heterocycles. The summed E-state index contributed by atoms with van der Waals surface area (Å²) >= 11 is 0. The fourth-order valence-electron chi connectivity index (χ4n) is 4.51. The number of aromatic nitrogens is 4. The number of anilines is 1. The molecule has 2 atom stereocenters. The standard InChI is InChI=1S/C20H29FN6O/c1-15(2)19(20-22-23-24-27(20)14-18-4-3-13-28-18)26-11-9-25(10-12-26)17-7-5-16(21)6-8-17/h5-8,15,18-19H,3-4,9-14H2,1-2H3/p+1/t18-,19-/m0/s1. The maximum absolute atomic E-state index is 13.2. The Morgan fingerprint density at radius 2 is 1.96 bits per heavy atom. The zero-order chi connectivity index (χ0) is 19.5. The van der Waals surface area contributed by atoms with Crippen LogP contribution in [0.1, 0.15) is 38.6 Å². The highest BCUT2D eigenvalue weighted by Crippen LogP contribution is 2.20. The lowest BCUT2D eigenvalue weighted by molar-refractivity contribution is -0.937. The summed E-state index contributed by atoms with van der Waals surface area (Å²) in [5, 5.41) is 12.7. The van der Waals surface area contributed by atoms with E-state index < -0.39 is 0 Å². The van der Waals surface area contributed by atoms with E-state index in [2.05, 4.69) is 34.3 Å². The number of tetrazole rings is 1. The normalized spacial score (nSPS) is 22.1. The summed E-state index contributed by atoms with van der Waals surface area (Å²) < 4.78 is 20.9. The van der Waals surface area contributed by atoms with Crippen LogP contribution in [0.2, 0.25) is 0 Å². The molecule has 1 aromatic heterocycles. The number of nitrogens with zero attached hydrogens (tertiary/aromatic N) is 5. The molecule has 28 heavy (non-hydrogen) atoms. The molecular formula is C20H30FN6O+. The van der Waals surface area contributed by atoms with Crippen LogP contribution >= 0.6 is 0 Å². The Labute approximate surface area is 165 Å². The van der Waals surface area contributed by atoms with Crippen molar-refractivity contribution in [3.8, 4) is 0 Å². The molecule has 0 amide bonds. The van der Waals surface area contributed by atoms with E-state index in [1.165, 1.54) is 17.0 Å². The Bertz CT molecular complexity index is 750. The van der Waals surface area contributed by atoms with Gasteiger partial charge in [-0.3, -0.25) is 0 Å². The summed E-state index contributed by atoms with van der Waals surface area (Å²) in [7, 11) is 0. The first kappa shape index (κ1) is 19.3. The molecule has 2 aliphatic heterocycles. The quantitative estimate of drug-likeness (QED) is 0.802. The molecule has 0 spiro atoms. The summed E-state index contributed by atoms with van der Waals surface area (Å²) in [6.45, 7) is 9.96. The van der Waals surface area contributed by atoms with Crippen LogP contribution in [0.5, 0.6) is 0 Å². The number of piperazine rings is 1. The maximum Gasteiger partial charge on any atom is 0.209 e. The van der Waals surface area contributed by atoms with Gasteiger partial charge in [0.1, 0.15) is 5.82 Å². The van der Waals surface area contributed by atoms with E-state index in [9.17, 15) is 4.39 Å². The molecule has 152 valence electrons. The van der Waals surface area contributed by atoms with Gasteiger partial charge in [0.2, 0.25) is 5.82 Å². The van der Waals surface area contributed by atoms with Gasteiger partial charge in [0.05, 0.1) is 38.8 Å². The molecule has 4 rings (SSSR count). The van der Waals surface area contributed by atoms with Gasteiger partial charge in [-0.1, -0.05) is 13.8 Å². The molecular weight excluding hydrogens is 359 g/mol. The molecule has 2 aliphatic rings. The van der Waals surface area contributed by atoms with E-state index in [4.69, 9.17) is 4.74 Å². The molecule has 7 nitrogen and oxygen atoms in total. The van der Waals surface area contributed by atoms with Gasteiger partial charge < -0.3 is 14.5 Å². The highest BCUT2D eigenvalue weighted by atomic mass is 19.1. The molecule has 1 aromatic carbocycles. The second-order valence-electron chi connectivity index (χ2n) is 8.20. The molecule has 0 bridgehead atoms. The van der Waals surface area contributed by atoms with Crippen molar-refractivity contribution in [2.75, 3.05) is 37.7 Å². The van der Waals surface area contributed by atoms with Gasteiger partial charge in [0.25, 0.3) is 0 Å². The van der Waals surface area contributed by atoms with E-state index in [1.54, 1.807) is 0 Å². The third-order valence-electron chi connectivity index (χ3n) is 5.94. The Hall–Kier alpha value is -2.06. The van der Waals surface area contributed by atoms with Crippen molar-refractivity contribution in [3.63, 3.8) is 0 Å².